The molecular weight excluding hydrogens is 430 g/mol. The number of carbonyl (C=O) groups is 1. The molecule has 0 aliphatic rings. The Hall–Kier alpha value is 1.09. The molecule has 0 spiro atoms. The zero-order chi connectivity index (χ0) is 15.3. The van der Waals surface area contributed by atoms with Crippen molar-refractivity contribution < 1.29 is 29.1 Å². The summed E-state index contributed by atoms with van der Waals surface area (Å²) in [7, 11) is 3.08. The number of halogens is 1. The minimum atomic E-state index is -0.285. The molecule has 4 nitrogen and oxygen atoms in total. The van der Waals surface area contributed by atoms with E-state index >= 15 is 0 Å². The SMILES string of the molecule is COC(=O)[C@H](CCSC)NC[CH-]C(C)(C)OC.[Zn+][I]. The van der Waals surface area contributed by atoms with Crippen molar-refractivity contribution in [1.82, 2.24) is 5.32 Å². The molecule has 0 aromatic carbocycles. The number of esters is 1. The van der Waals surface area contributed by atoms with Gasteiger partial charge in [-0.05, 0) is 18.4 Å². The third-order valence-electron chi connectivity index (χ3n) is 2.58. The third kappa shape index (κ3) is 12.5. The number of nitrogens with one attached hydrogen (secondary N) is 1. The summed E-state index contributed by atoms with van der Waals surface area (Å²) in [6, 6.07) is -0.239. The molecule has 0 saturated carbocycles. The molecule has 0 bridgehead atoms. The first kappa shape index (κ1) is 22.4. The molecule has 7 heteroatoms. The molecule has 1 N–H and O–H groups in total. The Kier molecular flexibility index (Phi) is 16.5. The van der Waals surface area contributed by atoms with Gasteiger partial charge in [0, 0.05) is 7.11 Å². The van der Waals surface area contributed by atoms with Crippen LogP contribution in [0.25, 0.3) is 0 Å². The fourth-order valence-corrected chi connectivity index (χ4v) is 1.68. The number of methoxy groups -OCH3 is 2. The molecule has 0 heterocycles. The van der Waals surface area contributed by atoms with Crippen molar-refractivity contribution in [2.24, 2.45) is 0 Å². The van der Waals surface area contributed by atoms with Crippen molar-refractivity contribution in [2.75, 3.05) is 32.8 Å². The van der Waals surface area contributed by atoms with Crippen molar-refractivity contribution in [3.63, 3.8) is 0 Å². The van der Waals surface area contributed by atoms with E-state index in [2.05, 4.69) is 25.1 Å². The van der Waals surface area contributed by atoms with Crippen molar-refractivity contribution >= 4 is 37.5 Å². The number of hydrogen-bond acceptors (Lipinski definition) is 5. The second-order valence-corrected chi connectivity index (χ2v) is 5.26. The molecule has 0 aromatic heterocycles. The van der Waals surface area contributed by atoms with Crippen molar-refractivity contribution in [3.05, 3.63) is 6.42 Å². The van der Waals surface area contributed by atoms with Crippen LogP contribution >= 0.6 is 31.5 Å². The summed E-state index contributed by atoms with van der Waals surface area (Å²) in [5, 5.41) is 3.17. The van der Waals surface area contributed by atoms with Gasteiger partial charge in [-0.2, -0.15) is 11.8 Å². The molecule has 19 heavy (non-hydrogen) atoms. The molecule has 0 radical (unpaired) electrons. The van der Waals surface area contributed by atoms with Crippen molar-refractivity contribution in [2.45, 2.75) is 31.9 Å². The third-order valence-corrected chi connectivity index (χ3v) is 3.22. The number of hydrogen-bond donors (Lipinski definition) is 1. The Labute approximate surface area is 142 Å². The van der Waals surface area contributed by atoms with E-state index in [-0.39, 0.29) is 17.6 Å². The molecule has 0 fully saturated rings. The summed E-state index contributed by atoms with van der Waals surface area (Å²) < 4.78 is 10.0. The molecule has 0 aliphatic heterocycles. The van der Waals surface area contributed by atoms with Crippen LogP contribution in [0.15, 0.2) is 0 Å². The van der Waals surface area contributed by atoms with Gasteiger partial charge in [-0.25, -0.2) is 0 Å². The zero-order valence-corrected chi connectivity index (χ0v) is 18.4. The van der Waals surface area contributed by atoms with Gasteiger partial charge in [0.25, 0.3) is 0 Å². The first-order valence-electron chi connectivity index (χ1n) is 5.93. The molecule has 0 aliphatic carbocycles. The molecule has 1 atom stereocenters. The van der Waals surface area contributed by atoms with Crippen molar-refractivity contribution in [1.29, 1.82) is 0 Å². The molecule has 0 aromatic rings. The van der Waals surface area contributed by atoms with E-state index < -0.39 is 0 Å². The fourth-order valence-electron chi connectivity index (χ4n) is 1.21. The van der Waals surface area contributed by atoms with E-state index in [4.69, 9.17) is 9.47 Å². The summed E-state index contributed by atoms with van der Waals surface area (Å²) >= 11 is 5.34. The van der Waals surface area contributed by atoms with Gasteiger partial charge in [0.2, 0.25) is 0 Å². The Balaban J connectivity index is 0. The Bertz CT molecular complexity index is 233. The predicted octanol–water partition coefficient (Wildman–Crippen LogP) is 2.38. The number of rotatable bonds is 9. The average molecular weight is 455 g/mol. The number of ether oxygens (including phenoxy) is 2. The second kappa shape index (κ2) is 14.0. The number of carbonyl (C=O) groups excluding carboxylic acids is 1. The molecule has 0 rings (SSSR count). The van der Waals surface area contributed by atoms with E-state index in [1.54, 1.807) is 18.9 Å². The van der Waals surface area contributed by atoms with Crippen LogP contribution in [0.5, 0.6) is 0 Å². The summed E-state index contributed by atoms with van der Waals surface area (Å²) in [6.07, 6.45) is 4.80. The average Bonchev–Trinajstić information content (AvgIpc) is 2.43. The predicted molar refractivity (Wildman–Crippen MR) is 86.2 cm³/mol. The second-order valence-electron chi connectivity index (χ2n) is 4.28. The zero-order valence-electron chi connectivity index (χ0n) is 12.5. The van der Waals surface area contributed by atoms with Crippen LogP contribution in [-0.2, 0) is 29.1 Å². The van der Waals surface area contributed by atoms with E-state index in [0.29, 0.717) is 6.54 Å². The van der Waals surface area contributed by atoms with E-state index in [9.17, 15) is 4.79 Å². The van der Waals surface area contributed by atoms with Gasteiger partial charge in [0.1, 0.15) is 6.04 Å². The van der Waals surface area contributed by atoms with Crippen LogP contribution in [0.2, 0.25) is 0 Å². The Morgan fingerprint density at radius 1 is 1.47 bits per heavy atom. The van der Waals surface area contributed by atoms with E-state index in [1.165, 1.54) is 21.9 Å². The quantitative estimate of drug-likeness (QED) is 0.251. The Morgan fingerprint density at radius 2 is 2.05 bits per heavy atom. The van der Waals surface area contributed by atoms with E-state index in [0.717, 1.165) is 12.2 Å². The van der Waals surface area contributed by atoms with Gasteiger partial charge in [0.15, 0.2) is 0 Å². The first-order valence-corrected chi connectivity index (χ1v) is 16.4. The monoisotopic (exact) mass is 453 g/mol. The normalized spacial score (nSPS) is 12.4. The van der Waals surface area contributed by atoms with Crippen LogP contribution in [-0.4, -0.2) is 50.4 Å². The van der Waals surface area contributed by atoms with Crippen LogP contribution in [0.1, 0.15) is 20.3 Å². The van der Waals surface area contributed by atoms with Crippen molar-refractivity contribution in [3.8, 4) is 0 Å². The van der Waals surface area contributed by atoms with Gasteiger partial charge in [-0.1, -0.05) is 19.4 Å². The van der Waals surface area contributed by atoms with Crippen LogP contribution in [0.3, 0.4) is 0 Å². The van der Waals surface area contributed by atoms with Gasteiger partial charge in [-0.3, -0.25) is 11.2 Å². The van der Waals surface area contributed by atoms with Gasteiger partial charge in [-0.15, -0.1) is 6.54 Å². The summed E-state index contributed by atoms with van der Waals surface area (Å²) in [5.74, 6) is 0.725. The Morgan fingerprint density at radius 3 is 2.47 bits per heavy atom. The number of thioether (sulfide) groups is 1. The first-order chi connectivity index (χ1) is 8.96. The molecule has 110 valence electrons. The maximum atomic E-state index is 11.5. The molecule has 0 amide bonds. The van der Waals surface area contributed by atoms with Gasteiger partial charge >= 0.3 is 40.5 Å². The maximum absolute atomic E-state index is 11.5. The summed E-state index contributed by atoms with van der Waals surface area (Å²) in [6.45, 7) is 4.57. The molecule has 0 unspecified atom stereocenters. The fraction of sp³-hybridized carbons (Fsp3) is 0.833. The minimum absolute atomic E-state index is 0.206. The van der Waals surface area contributed by atoms with Crippen LogP contribution < -0.4 is 5.32 Å². The molecular formula is C12H24INO3SZn. The summed E-state index contributed by atoms with van der Waals surface area (Å²) in [5.41, 5.74) is -0.285. The van der Waals surface area contributed by atoms with Crippen LogP contribution in [0, 0.1) is 6.42 Å². The van der Waals surface area contributed by atoms with Gasteiger partial charge < -0.3 is 14.8 Å². The van der Waals surface area contributed by atoms with Crippen LogP contribution in [0.4, 0.5) is 0 Å². The standard InChI is InChI=1S/C12H24NO3S.HI.Zn/c1-12(2,16-4)7-8-13-10(6-9-17-5)11(14)15-3;;/h7,10,13H,6,8-9H2,1-5H3;1H;/q-1;;+2/p-1/t10-;;/m0../s1. The topological polar surface area (TPSA) is 47.6 Å². The van der Waals surface area contributed by atoms with E-state index in [1.807, 2.05) is 26.5 Å². The summed E-state index contributed by atoms with van der Waals surface area (Å²) in [4.78, 5) is 11.5. The van der Waals surface area contributed by atoms with Gasteiger partial charge in [0.05, 0.1) is 7.11 Å². The molecule has 0 saturated heterocycles.